The van der Waals surface area contributed by atoms with Crippen LogP contribution in [0.2, 0.25) is 0 Å². The summed E-state index contributed by atoms with van der Waals surface area (Å²) in [6.07, 6.45) is 0. The first-order chi connectivity index (χ1) is 26.4. The van der Waals surface area contributed by atoms with E-state index in [4.69, 9.17) is 29.8 Å². The van der Waals surface area contributed by atoms with E-state index < -0.39 is 77.6 Å². The number of hydrogen-bond donors (Lipinski definition) is 0. The average molecular weight is 577 g/mol. The Balaban J connectivity index is 1.33. The van der Waals surface area contributed by atoms with Crippen LogP contribution in [0.1, 0.15) is 15.1 Å². The molecule has 6 aromatic carbocycles. The molecule has 5 heteroatoms. The Hall–Kier alpha value is -6.07. The Morgan fingerprint density at radius 3 is 2.07 bits per heavy atom. The summed E-state index contributed by atoms with van der Waals surface area (Å²) in [6.45, 7) is 0. The minimum Gasteiger partial charge on any atom is -0.456 e. The normalized spacial score (nSPS) is 15.1. The first-order valence-electron chi connectivity index (χ1n) is 19.1. The van der Waals surface area contributed by atoms with Gasteiger partial charge in [0.1, 0.15) is 22.3 Å². The zero-order valence-corrected chi connectivity index (χ0v) is 22.6. The van der Waals surface area contributed by atoms with Gasteiger partial charge in [-0.1, -0.05) is 103 Å². The van der Waals surface area contributed by atoms with E-state index in [1.165, 1.54) is 0 Å². The molecule has 9 rings (SSSR count). The predicted octanol–water partition coefficient (Wildman–Crippen LogP) is 10.3. The van der Waals surface area contributed by atoms with Crippen LogP contribution in [-0.2, 0) is 0 Å². The quantitative estimate of drug-likeness (QED) is 0.209. The molecular formula is C39H23N3O2. The van der Waals surface area contributed by atoms with E-state index >= 15 is 0 Å². The molecule has 0 aliphatic rings. The fourth-order valence-electron chi connectivity index (χ4n) is 5.25. The van der Waals surface area contributed by atoms with Crippen LogP contribution in [0.25, 0.3) is 89.2 Å². The lowest BCUT2D eigenvalue weighted by molar-refractivity contribution is 0.668. The van der Waals surface area contributed by atoms with Gasteiger partial charge in [0.15, 0.2) is 17.5 Å². The van der Waals surface area contributed by atoms with E-state index in [2.05, 4.69) is 4.98 Å². The van der Waals surface area contributed by atoms with Crippen molar-refractivity contribution in [1.29, 1.82) is 0 Å². The van der Waals surface area contributed by atoms with Crippen molar-refractivity contribution in [3.05, 3.63) is 139 Å². The van der Waals surface area contributed by atoms with Gasteiger partial charge in [0.2, 0.25) is 0 Å². The molecule has 9 aromatic rings. The molecule has 3 heterocycles. The van der Waals surface area contributed by atoms with Crippen molar-refractivity contribution < 1.29 is 23.9 Å². The van der Waals surface area contributed by atoms with Gasteiger partial charge in [-0.2, -0.15) is 0 Å². The van der Waals surface area contributed by atoms with Crippen LogP contribution in [0.15, 0.2) is 148 Å². The topological polar surface area (TPSA) is 65.0 Å². The van der Waals surface area contributed by atoms with Gasteiger partial charge in [0.05, 0.1) is 20.6 Å². The van der Waals surface area contributed by atoms with Crippen LogP contribution >= 0.6 is 0 Å². The number of nitrogens with zero attached hydrogens (tertiary/aromatic N) is 3. The van der Waals surface area contributed by atoms with Crippen LogP contribution in [0.3, 0.4) is 0 Å². The summed E-state index contributed by atoms with van der Waals surface area (Å²) in [5, 5.41) is 1.31. The lowest BCUT2D eigenvalue weighted by atomic mass is 10.0. The summed E-state index contributed by atoms with van der Waals surface area (Å²) in [7, 11) is 0. The highest BCUT2D eigenvalue weighted by atomic mass is 16.3. The standard InChI is InChI=1S/C39H23N3O2/c1-3-10-24(11-4-1)26-19-21-34-32(22-26)29-20-18-27(23-35(29)43-34)38-40-37(25-12-5-2-6-13-25)41-39(42-38)31-16-9-15-30-28-14-7-8-17-33(28)44-36(30)31/h1-23H/i1D,3D,4D,10D,11D,18D,19D,20D,21D,22D,23D. The molecular weight excluding hydrogens is 542 g/mol. The van der Waals surface area contributed by atoms with Crippen molar-refractivity contribution in [1.82, 2.24) is 15.0 Å². The molecule has 0 aliphatic heterocycles. The fraction of sp³-hybridized carbons (Fsp3) is 0. The molecule has 0 amide bonds. The second-order valence-corrected chi connectivity index (χ2v) is 9.96. The Morgan fingerprint density at radius 2 is 1.18 bits per heavy atom. The molecule has 0 atom stereocenters. The minimum absolute atomic E-state index is 0.124. The largest absolute Gasteiger partial charge is 0.456 e. The van der Waals surface area contributed by atoms with Crippen LogP contribution in [0.5, 0.6) is 0 Å². The molecule has 0 saturated carbocycles. The van der Waals surface area contributed by atoms with E-state index in [9.17, 15) is 4.11 Å². The zero-order valence-electron chi connectivity index (χ0n) is 33.6. The van der Waals surface area contributed by atoms with Crippen molar-refractivity contribution in [3.63, 3.8) is 0 Å². The summed E-state index contributed by atoms with van der Waals surface area (Å²) in [5.41, 5.74) is 0.591. The Bertz CT molecular complexity index is 3100. The molecule has 0 aliphatic carbocycles. The first-order valence-corrected chi connectivity index (χ1v) is 13.6. The van der Waals surface area contributed by atoms with Crippen molar-refractivity contribution in [2.75, 3.05) is 0 Å². The van der Waals surface area contributed by atoms with Crippen LogP contribution in [0, 0.1) is 0 Å². The summed E-state index contributed by atoms with van der Waals surface area (Å²) in [4.78, 5) is 14.2. The van der Waals surface area contributed by atoms with Crippen LogP contribution < -0.4 is 0 Å². The van der Waals surface area contributed by atoms with E-state index in [0.29, 0.717) is 22.3 Å². The first kappa shape index (κ1) is 16.0. The molecule has 0 fully saturated rings. The molecule has 5 nitrogen and oxygen atoms in total. The summed E-state index contributed by atoms with van der Waals surface area (Å²) in [6, 6.07) is 15.6. The highest BCUT2D eigenvalue weighted by Crippen LogP contribution is 2.37. The maximum Gasteiger partial charge on any atom is 0.167 e. The number of aromatic nitrogens is 3. The van der Waals surface area contributed by atoms with Gasteiger partial charge >= 0.3 is 0 Å². The third-order valence-corrected chi connectivity index (χ3v) is 7.30. The number of furan rings is 2. The number of rotatable bonds is 4. The molecule has 3 aromatic heterocycles. The third-order valence-electron chi connectivity index (χ3n) is 7.30. The molecule has 0 saturated heterocycles. The van der Waals surface area contributed by atoms with Gasteiger partial charge in [0.25, 0.3) is 0 Å². The second-order valence-electron chi connectivity index (χ2n) is 9.96. The fourth-order valence-corrected chi connectivity index (χ4v) is 5.25. The monoisotopic (exact) mass is 576 g/mol. The summed E-state index contributed by atoms with van der Waals surface area (Å²) < 4.78 is 108. The highest BCUT2D eigenvalue weighted by molar-refractivity contribution is 6.09. The maximum absolute atomic E-state index is 9.35. The van der Waals surface area contributed by atoms with Crippen LogP contribution in [-0.4, -0.2) is 15.0 Å². The van der Waals surface area contributed by atoms with E-state index in [1.807, 2.05) is 54.6 Å². The number of hydrogen-bond acceptors (Lipinski definition) is 5. The van der Waals surface area contributed by atoms with E-state index in [0.717, 1.165) is 10.8 Å². The van der Waals surface area contributed by atoms with Gasteiger partial charge < -0.3 is 8.83 Å². The maximum atomic E-state index is 9.35. The van der Waals surface area contributed by atoms with Crippen molar-refractivity contribution in [3.8, 4) is 45.3 Å². The molecule has 0 N–H and O–H groups in total. The zero-order chi connectivity index (χ0) is 38.6. The second kappa shape index (κ2) is 9.75. The van der Waals surface area contributed by atoms with Gasteiger partial charge in [-0.15, -0.1) is 0 Å². The van der Waals surface area contributed by atoms with Gasteiger partial charge in [-0.3, -0.25) is 0 Å². The molecule has 206 valence electrons. The SMILES string of the molecule is [2H]c1c([2H])c([2H])c(-c2c([2H])c([2H])c3oc4c([2H])c(-c5nc(-c6ccccc6)nc(-c6cccc7c6oc6ccccc67)n5)c([2H])c([2H])c4c3c2[2H])c([2H])c1[2H]. The van der Waals surface area contributed by atoms with Gasteiger partial charge in [-0.25, -0.2) is 15.0 Å². The minimum atomic E-state index is -0.686. The molecule has 0 bridgehead atoms. The van der Waals surface area contributed by atoms with E-state index in [1.54, 1.807) is 18.2 Å². The summed E-state index contributed by atoms with van der Waals surface area (Å²) in [5.74, 6) is 0.265. The molecule has 0 radical (unpaired) electrons. The van der Waals surface area contributed by atoms with Crippen molar-refractivity contribution in [2.45, 2.75) is 0 Å². The number of para-hydroxylation sites is 2. The Morgan fingerprint density at radius 1 is 0.432 bits per heavy atom. The van der Waals surface area contributed by atoms with Crippen molar-refractivity contribution >= 4 is 43.9 Å². The Labute approximate surface area is 267 Å². The lowest BCUT2D eigenvalue weighted by Gasteiger charge is -2.09. The lowest BCUT2D eigenvalue weighted by Crippen LogP contribution is -2.00. The smallest absolute Gasteiger partial charge is 0.167 e. The van der Waals surface area contributed by atoms with Crippen LogP contribution in [0.4, 0.5) is 0 Å². The van der Waals surface area contributed by atoms with E-state index in [-0.39, 0.29) is 45.0 Å². The predicted molar refractivity (Wildman–Crippen MR) is 176 cm³/mol. The summed E-state index contributed by atoms with van der Waals surface area (Å²) >= 11 is 0. The molecule has 0 unspecified atom stereocenters. The number of fused-ring (bicyclic) bond motifs is 6. The molecule has 44 heavy (non-hydrogen) atoms. The highest BCUT2D eigenvalue weighted by Gasteiger charge is 2.18. The number of benzene rings is 6. The third kappa shape index (κ3) is 3.98. The van der Waals surface area contributed by atoms with Crippen molar-refractivity contribution in [2.24, 2.45) is 0 Å². The van der Waals surface area contributed by atoms with Gasteiger partial charge in [-0.05, 0) is 47.4 Å². The van der Waals surface area contributed by atoms with Gasteiger partial charge in [0, 0.05) is 32.7 Å². The Kier molecular flexibility index (Phi) is 3.54. The molecule has 0 spiro atoms. The average Bonchev–Trinajstić information content (AvgIpc) is 3.80.